The van der Waals surface area contributed by atoms with Crippen molar-refractivity contribution in [1.82, 2.24) is 19.1 Å². The number of nitrogens with zero attached hydrogens (tertiary/aromatic N) is 3. The van der Waals surface area contributed by atoms with Gasteiger partial charge in [0.1, 0.15) is 5.82 Å². The van der Waals surface area contributed by atoms with Gasteiger partial charge in [0, 0.05) is 19.2 Å². The molecule has 0 bridgehead atoms. The Balaban J connectivity index is 1.93. The summed E-state index contributed by atoms with van der Waals surface area (Å²) in [5.41, 5.74) is 2.88. The summed E-state index contributed by atoms with van der Waals surface area (Å²) in [6, 6.07) is 17.8. The molecule has 0 unspecified atom stereocenters. The average molecular weight is 433 g/mol. The van der Waals surface area contributed by atoms with Gasteiger partial charge in [0.05, 0.1) is 13.2 Å². The number of rotatable bonds is 6. The molecule has 0 fully saturated rings. The first-order chi connectivity index (χ1) is 15.3. The van der Waals surface area contributed by atoms with Gasteiger partial charge in [-0.3, -0.25) is 14.3 Å². The van der Waals surface area contributed by atoms with Crippen LogP contribution in [0.1, 0.15) is 31.9 Å². The van der Waals surface area contributed by atoms with Crippen molar-refractivity contribution in [3.8, 4) is 11.4 Å². The molecule has 2 aromatic carbocycles. The highest BCUT2D eigenvalue weighted by molar-refractivity contribution is 5.77. The third-order valence-electron chi connectivity index (χ3n) is 5.60. The van der Waals surface area contributed by atoms with Crippen LogP contribution < -0.4 is 11.2 Å². The lowest BCUT2D eigenvalue weighted by Gasteiger charge is -2.19. The number of aromatic nitrogens is 4. The molecule has 4 aromatic rings. The summed E-state index contributed by atoms with van der Waals surface area (Å²) in [7, 11) is 1.62. The predicted molar refractivity (Wildman–Crippen MR) is 126 cm³/mol. The smallest absolute Gasteiger partial charge is 0.330 e. The van der Waals surface area contributed by atoms with Crippen molar-refractivity contribution in [2.24, 2.45) is 0 Å². The molecule has 4 rings (SSSR count). The minimum Gasteiger partial charge on any atom is -0.383 e. The van der Waals surface area contributed by atoms with Crippen molar-refractivity contribution in [2.45, 2.75) is 39.3 Å². The summed E-state index contributed by atoms with van der Waals surface area (Å²) in [5.74, 6) is 0.635. The highest BCUT2D eigenvalue weighted by Crippen LogP contribution is 2.27. The standard InChI is InChI=1S/C25H28N4O3/c1-25(2,3)19-12-10-18(11-13-19)21-26-22-20(28(21)14-15-32-4)23(30)27-24(31)29(22)16-17-8-6-5-7-9-17/h5-13H,14-16H2,1-4H3,(H,27,30,31). The molecule has 2 heterocycles. The topological polar surface area (TPSA) is 81.9 Å². The summed E-state index contributed by atoms with van der Waals surface area (Å²) in [5, 5.41) is 0. The minimum atomic E-state index is -0.475. The maximum Gasteiger partial charge on any atom is 0.330 e. The third-order valence-corrected chi connectivity index (χ3v) is 5.60. The molecular weight excluding hydrogens is 404 g/mol. The van der Waals surface area contributed by atoms with E-state index in [2.05, 4.69) is 37.9 Å². The molecule has 32 heavy (non-hydrogen) atoms. The van der Waals surface area contributed by atoms with Crippen LogP contribution in [0.5, 0.6) is 0 Å². The Bertz CT molecular complexity index is 1340. The molecule has 0 aliphatic carbocycles. The fraction of sp³-hybridized carbons (Fsp3) is 0.320. The van der Waals surface area contributed by atoms with Crippen molar-refractivity contribution < 1.29 is 4.74 Å². The van der Waals surface area contributed by atoms with E-state index in [4.69, 9.17) is 9.72 Å². The fourth-order valence-corrected chi connectivity index (χ4v) is 3.83. The maximum atomic E-state index is 12.8. The second-order valence-electron chi connectivity index (χ2n) is 8.91. The SMILES string of the molecule is COCCn1c(-c2ccc(C(C)(C)C)cc2)nc2c1c(=O)[nH]c(=O)n2Cc1ccccc1. The van der Waals surface area contributed by atoms with Crippen molar-refractivity contribution in [3.05, 3.63) is 86.6 Å². The molecule has 7 heteroatoms. The molecule has 0 radical (unpaired) electrons. The highest BCUT2D eigenvalue weighted by Gasteiger charge is 2.20. The van der Waals surface area contributed by atoms with Crippen LogP contribution in [0.2, 0.25) is 0 Å². The zero-order valence-electron chi connectivity index (χ0n) is 18.9. The first-order valence-electron chi connectivity index (χ1n) is 10.7. The van der Waals surface area contributed by atoms with Crippen LogP contribution in [0.4, 0.5) is 0 Å². The van der Waals surface area contributed by atoms with Gasteiger partial charge in [-0.05, 0) is 16.5 Å². The molecular formula is C25H28N4O3. The van der Waals surface area contributed by atoms with E-state index >= 15 is 0 Å². The Morgan fingerprint density at radius 2 is 1.66 bits per heavy atom. The lowest BCUT2D eigenvalue weighted by Crippen LogP contribution is -2.31. The van der Waals surface area contributed by atoms with Gasteiger partial charge >= 0.3 is 5.69 Å². The largest absolute Gasteiger partial charge is 0.383 e. The maximum absolute atomic E-state index is 12.8. The minimum absolute atomic E-state index is 0.0298. The Labute approximate surface area is 186 Å². The van der Waals surface area contributed by atoms with E-state index in [1.165, 1.54) is 10.1 Å². The van der Waals surface area contributed by atoms with E-state index in [9.17, 15) is 9.59 Å². The second kappa shape index (κ2) is 8.59. The first kappa shape index (κ1) is 21.8. The van der Waals surface area contributed by atoms with Crippen LogP contribution in [0.25, 0.3) is 22.6 Å². The van der Waals surface area contributed by atoms with Gasteiger partial charge in [-0.2, -0.15) is 0 Å². The van der Waals surface area contributed by atoms with Gasteiger partial charge in [0.25, 0.3) is 5.56 Å². The Kier molecular flexibility index (Phi) is 5.84. The fourth-order valence-electron chi connectivity index (χ4n) is 3.83. The molecule has 2 aromatic heterocycles. The van der Waals surface area contributed by atoms with E-state index in [0.717, 1.165) is 11.1 Å². The van der Waals surface area contributed by atoms with E-state index in [1.807, 2.05) is 47.0 Å². The zero-order valence-corrected chi connectivity index (χ0v) is 18.9. The van der Waals surface area contributed by atoms with E-state index in [0.29, 0.717) is 36.7 Å². The summed E-state index contributed by atoms with van der Waals surface area (Å²) >= 11 is 0. The molecule has 0 saturated carbocycles. The van der Waals surface area contributed by atoms with Crippen molar-refractivity contribution in [1.29, 1.82) is 0 Å². The van der Waals surface area contributed by atoms with Gasteiger partial charge in [-0.25, -0.2) is 9.78 Å². The summed E-state index contributed by atoms with van der Waals surface area (Å²) in [6.07, 6.45) is 0. The van der Waals surface area contributed by atoms with Gasteiger partial charge in [0.15, 0.2) is 11.2 Å². The van der Waals surface area contributed by atoms with Gasteiger partial charge in [-0.15, -0.1) is 0 Å². The lowest BCUT2D eigenvalue weighted by atomic mass is 9.87. The molecule has 0 atom stereocenters. The number of benzene rings is 2. The van der Waals surface area contributed by atoms with E-state index < -0.39 is 11.2 Å². The molecule has 1 N–H and O–H groups in total. The summed E-state index contributed by atoms with van der Waals surface area (Å²) in [6.45, 7) is 7.66. The Morgan fingerprint density at radius 3 is 2.28 bits per heavy atom. The summed E-state index contributed by atoms with van der Waals surface area (Å²) < 4.78 is 8.63. The van der Waals surface area contributed by atoms with Gasteiger partial charge in [-0.1, -0.05) is 75.4 Å². The molecule has 166 valence electrons. The number of ether oxygens (including phenoxy) is 1. The first-order valence-corrected chi connectivity index (χ1v) is 10.7. The molecule has 7 nitrogen and oxygen atoms in total. The number of hydrogen-bond donors (Lipinski definition) is 1. The van der Waals surface area contributed by atoms with E-state index in [-0.39, 0.29) is 5.41 Å². The van der Waals surface area contributed by atoms with Crippen molar-refractivity contribution in [3.63, 3.8) is 0 Å². The number of imidazole rings is 1. The molecule has 0 aliphatic rings. The number of hydrogen-bond acceptors (Lipinski definition) is 4. The third kappa shape index (κ3) is 4.16. The van der Waals surface area contributed by atoms with Crippen LogP contribution in [-0.2, 0) is 23.2 Å². The Hall–Kier alpha value is -3.45. The van der Waals surface area contributed by atoms with E-state index in [1.54, 1.807) is 7.11 Å². The quantitative estimate of drug-likeness (QED) is 0.505. The van der Waals surface area contributed by atoms with Crippen LogP contribution in [-0.4, -0.2) is 32.8 Å². The zero-order chi connectivity index (χ0) is 22.9. The molecule has 0 amide bonds. The number of H-pyrrole nitrogens is 1. The average Bonchev–Trinajstić information content (AvgIpc) is 3.15. The normalized spacial score (nSPS) is 11.9. The summed E-state index contributed by atoms with van der Waals surface area (Å²) in [4.78, 5) is 32.8. The van der Waals surface area contributed by atoms with Crippen molar-refractivity contribution in [2.75, 3.05) is 13.7 Å². The number of fused-ring (bicyclic) bond motifs is 1. The van der Waals surface area contributed by atoms with Crippen LogP contribution >= 0.6 is 0 Å². The number of aromatic amines is 1. The molecule has 0 saturated heterocycles. The van der Waals surface area contributed by atoms with Gasteiger partial charge in [0.2, 0.25) is 0 Å². The lowest BCUT2D eigenvalue weighted by molar-refractivity contribution is 0.188. The number of methoxy groups -OCH3 is 1. The van der Waals surface area contributed by atoms with Crippen molar-refractivity contribution >= 4 is 11.2 Å². The monoisotopic (exact) mass is 432 g/mol. The van der Waals surface area contributed by atoms with Crippen LogP contribution in [0.3, 0.4) is 0 Å². The second-order valence-corrected chi connectivity index (χ2v) is 8.91. The molecule has 0 spiro atoms. The van der Waals surface area contributed by atoms with Gasteiger partial charge < -0.3 is 9.30 Å². The number of nitrogens with one attached hydrogen (secondary N) is 1. The highest BCUT2D eigenvalue weighted by atomic mass is 16.5. The van der Waals surface area contributed by atoms with Crippen LogP contribution in [0.15, 0.2) is 64.2 Å². The predicted octanol–water partition coefficient (Wildman–Crippen LogP) is 3.55. The van der Waals surface area contributed by atoms with Crippen LogP contribution in [0, 0.1) is 0 Å². The molecule has 0 aliphatic heterocycles. The Morgan fingerprint density at radius 1 is 0.969 bits per heavy atom.